The summed E-state index contributed by atoms with van der Waals surface area (Å²) in [6, 6.07) is 4.56. The number of nitrogen functional groups attached to an aromatic ring is 1. The fraction of sp³-hybridized carbons (Fsp3) is 0.400. The second-order valence-corrected chi connectivity index (χ2v) is 5.12. The minimum atomic E-state index is -3.54. The van der Waals surface area contributed by atoms with Crippen molar-refractivity contribution in [3.8, 4) is 5.75 Å². The number of rotatable bonds is 5. The highest BCUT2D eigenvalue weighted by molar-refractivity contribution is 7.89. The molecule has 3 N–H and O–H groups in total. The van der Waals surface area contributed by atoms with Crippen LogP contribution in [0.4, 0.5) is 5.69 Å². The Kier molecular flexibility index (Phi) is 4.14. The number of ether oxygens (including phenoxy) is 1. The van der Waals surface area contributed by atoms with E-state index in [1.54, 1.807) is 12.1 Å². The number of nitrogens with one attached hydrogen (secondary N) is 1. The fourth-order valence-corrected chi connectivity index (χ4v) is 2.08. The van der Waals surface area contributed by atoms with E-state index in [0.717, 1.165) is 6.42 Å². The first-order valence-electron chi connectivity index (χ1n) is 4.97. The van der Waals surface area contributed by atoms with Gasteiger partial charge in [-0.25, -0.2) is 13.1 Å². The predicted octanol–water partition coefficient (Wildman–Crippen LogP) is 0.966. The molecule has 1 aromatic carbocycles. The van der Waals surface area contributed by atoms with E-state index < -0.39 is 10.0 Å². The van der Waals surface area contributed by atoms with Gasteiger partial charge in [-0.2, -0.15) is 0 Å². The summed E-state index contributed by atoms with van der Waals surface area (Å²) in [5, 5.41) is 0. The average Bonchev–Trinajstić information content (AvgIpc) is 2.27. The third-order valence-corrected chi connectivity index (χ3v) is 3.42. The van der Waals surface area contributed by atoms with Gasteiger partial charge in [0.25, 0.3) is 0 Å². The van der Waals surface area contributed by atoms with Crippen molar-refractivity contribution in [2.45, 2.75) is 18.2 Å². The van der Waals surface area contributed by atoms with Crippen LogP contribution in [0, 0.1) is 0 Å². The molecule has 0 bridgehead atoms. The number of anilines is 1. The Morgan fingerprint density at radius 2 is 2.12 bits per heavy atom. The van der Waals surface area contributed by atoms with E-state index in [1.807, 2.05) is 6.92 Å². The second-order valence-electron chi connectivity index (χ2n) is 3.26. The summed E-state index contributed by atoms with van der Waals surface area (Å²) in [5.74, 6) is 0.324. The minimum Gasteiger partial charge on any atom is -0.492 e. The van der Waals surface area contributed by atoms with Gasteiger partial charge in [-0.05, 0) is 31.7 Å². The van der Waals surface area contributed by atoms with Crippen molar-refractivity contribution in [3.63, 3.8) is 0 Å². The first kappa shape index (κ1) is 12.8. The molecule has 1 aromatic rings. The van der Waals surface area contributed by atoms with E-state index >= 15 is 0 Å². The molecule has 0 unspecified atom stereocenters. The average molecular weight is 244 g/mol. The Hall–Kier alpha value is -1.27. The third kappa shape index (κ3) is 2.86. The Morgan fingerprint density at radius 3 is 2.69 bits per heavy atom. The Morgan fingerprint density at radius 1 is 1.44 bits per heavy atom. The SMILES string of the molecule is CCCOc1ccc(N)cc1S(=O)(=O)NC. The Balaban J connectivity index is 3.18. The molecule has 6 heteroatoms. The van der Waals surface area contributed by atoms with Crippen LogP contribution >= 0.6 is 0 Å². The lowest BCUT2D eigenvalue weighted by atomic mass is 10.3. The Labute approximate surface area is 95.7 Å². The van der Waals surface area contributed by atoms with E-state index in [1.165, 1.54) is 13.1 Å². The number of benzene rings is 1. The molecule has 0 heterocycles. The van der Waals surface area contributed by atoms with Gasteiger partial charge in [-0.1, -0.05) is 6.92 Å². The molecule has 0 saturated heterocycles. The highest BCUT2D eigenvalue weighted by Gasteiger charge is 2.17. The second kappa shape index (κ2) is 5.18. The Bertz CT molecular complexity index is 457. The molecule has 0 spiro atoms. The zero-order valence-electron chi connectivity index (χ0n) is 9.36. The van der Waals surface area contributed by atoms with Gasteiger partial charge in [-0.15, -0.1) is 0 Å². The van der Waals surface area contributed by atoms with E-state index in [2.05, 4.69) is 4.72 Å². The van der Waals surface area contributed by atoms with Crippen LogP contribution in [0.3, 0.4) is 0 Å². The topological polar surface area (TPSA) is 81.4 Å². The highest BCUT2D eigenvalue weighted by atomic mass is 32.2. The van der Waals surface area contributed by atoms with Crippen molar-refractivity contribution < 1.29 is 13.2 Å². The van der Waals surface area contributed by atoms with Gasteiger partial charge in [-0.3, -0.25) is 0 Å². The molecule has 0 amide bonds. The van der Waals surface area contributed by atoms with Crippen molar-refractivity contribution in [1.29, 1.82) is 0 Å². The predicted molar refractivity (Wildman–Crippen MR) is 62.9 cm³/mol. The number of nitrogens with two attached hydrogens (primary N) is 1. The largest absolute Gasteiger partial charge is 0.492 e. The maximum absolute atomic E-state index is 11.7. The van der Waals surface area contributed by atoms with Crippen LogP contribution in [0.15, 0.2) is 23.1 Å². The summed E-state index contributed by atoms with van der Waals surface area (Å²) >= 11 is 0. The number of hydrogen-bond acceptors (Lipinski definition) is 4. The number of hydrogen-bond donors (Lipinski definition) is 2. The molecular weight excluding hydrogens is 228 g/mol. The van der Waals surface area contributed by atoms with Gasteiger partial charge in [0, 0.05) is 5.69 Å². The molecule has 0 radical (unpaired) electrons. The molecule has 0 aliphatic carbocycles. The van der Waals surface area contributed by atoms with Gasteiger partial charge >= 0.3 is 0 Å². The smallest absolute Gasteiger partial charge is 0.244 e. The van der Waals surface area contributed by atoms with Gasteiger partial charge in [0.1, 0.15) is 10.6 Å². The van der Waals surface area contributed by atoms with Crippen LogP contribution in [0.2, 0.25) is 0 Å². The van der Waals surface area contributed by atoms with Crippen molar-refractivity contribution in [3.05, 3.63) is 18.2 Å². The lowest BCUT2D eigenvalue weighted by Crippen LogP contribution is -2.19. The molecule has 0 fully saturated rings. The van der Waals surface area contributed by atoms with Gasteiger partial charge in [0.15, 0.2) is 0 Å². The van der Waals surface area contributed by atoms with Crippen LogP contribution in [-0.4, -0.2) is 22.1 Å². The molecule has 0 aliphatic heterocycles. The quantitative estimate of drug-likeness (QED) is 0.756. The minimum absolute atomic E-state index is 0.0726. The van der Waals surface area contributed by atoms with E-state index in [4.69, 9.17) is 10.5 Å². The molecule has 0 atom stereocenters. The fourth-order valence-electron chi connectivity index (χ4n) is 1.18. The van der Waals surface area contributed by atoms with Crippen molar-refractivity contribution in [1.82, 2.24) is 4.72 Å². The summed E-state index contributed by atoms with van der Waals surface area (Å²) in [6.45, 7) is 2.42. The lowest BCUT2D eigenvalue weighted by molar-refractivity contribution is 0.309. The summed E-state index contributed by atoms with van der Waals surface area (Å²) in [6.07, 6.45) is 0.809. The molecular formula is C10H16N2O3S. The molecule has 0 aromatic heterocycles. The molecule has 5 nitrogen and oxygen atoms in total. The van der Waals surface area contributed by atoms with Crippen LogP contribution in [0.1, 0.15) is 13.3 Å². The number of sulfonamides is 1. The zero-order valence-corrected chi connectivity index (χ0v) is 10.2. The summed E-state index contributed by atoms with van der Waals surface area (Å²) in [7, 11) is -2.19. The molecule has 1 rings (SSSR count). The van der Waals surface area contributed by atoms with E-state index in [9.17, 15) is 8.42 Å². The third-order valence-electron chi connectivity index (χ3n) is 1.99. The van der Waals surface area contributed by atoms with Gasteiger partial charge in [0.05, 0.1) is 6.61 Å². The molecule has 0 saturated carbocycles. The molecule has 16 heavy (non-hydrogen) atoms. The van der Waals surface area contributed by atoms with Crippen molar-refractivity contribution in [2.24, 2.45) is 0 Å². The summed E-state index contributed by atoms with van der Waals surface area (Å²) < 4.78 is 31.0. The highest BCUT2D eigenvalue weighted by Crippen LogP contribution is 2.25. The molecule has 90 valence electrons. The lowest BCUT2D eigenvalue weighted by Gasteiger charge is -2.11. The van der Waals surface area contributed by atoms with Gasteiger partial charge in [0.2, 0.25) is 10.0 Å². The summed E-state index contributed by atoms with van der Waals surface area (Å²) in [4.78, 5) is 0.0726. The molecule has 0 aliphatic rings. The van der Waals surface area contributed by atoms with Crippen LogP contribution in [0.25, 0.3) is 0 Å². The zero-order chi connectivity index (χ0) is 12.2. The van der Waals surface area contributed by atoms with Gasteiger partial charge < -0.3 is 10.5 Å². The standard InChI is InChI=1S/C10H16N2O3S/c1-3-6-15-9-5-4-8(11)7-10(9)16(13,14)12-2/h4-5,7,12H,3,6,11H2,1-2H3. The van der Waals surface area contributed by atoms with Crippen LogP contribution in [0.5, 0.6) is 5.75 Å². The van der Waals surface area contributed by atoms with E-state index in [0.29, 0.717) is 18.0 Å². The monoisotopic (exact) mass is 244 g/mol. The maximum atomic E-state index is 11.7. The normalized spacial score (nSPS) is 11.4. The maximum Gasteiger partial charge on any atom is 0.244 e. The van der Waals surface area contributed by atoms with Crippen molar-refractivity contribution >= 4 is 15.7 Å². The van der Waals surface area contributed by atoms with Crippen LogP contribution in [-0.2, 0) is 10.0 Å². The van der Waals surface area contributed by atoms with Crippen molar-refractivity contribution in [2.75, 3.05) is 19.4 Å². The first-order chi connectivity index (χ1) is 7.51. The van der Waals surface area contributed by atoms with E-state index in [-0.39, 0.29) is 4.90 Å². The summed E-state index contributed by atoms with van der Waals surface area (Å²) in [5.41, 5.74) is 5.95. The first-order valence-corrected chi connectivity index (χ1v) is 6.45. The van der Waals surface area contributed by atoms with Crippen LogP contribution < -0.4 is 15.2 Å².